The molecular formula is C133H202FN5O3. The maximum absolute atomic E-state index is 13.1. The fraction of sp³-hybridized carbons (Fsp3) is 0.594. The number of nitrogens with zero attached hydrogens (tertiary/aromatic N) is 5. The minimum absolute atomic E-state index is 0.0925. The molecule has 5 aliphatic carbocycles. The van der Waals surface area contributed by atoms with Crippen LogP contribution in [-0.4, -0.2) is 52.4 Å². The van der Waals surface area contributed by atoms with Crippen molar-refractivity contribution in [3.8, 4) is 11.5 Å². The minimum atomic E-state index is -0.219. The summed E-state index contributed by atoms with van der Waals surface area (Å²) >= 11 is 0. The van der Waals surface area contributed by atoms with Gasteiger partial charge in [-0.3, -0.25) is 9.97 Å². The summed E-state index contributed by atoms with van der Waals surface area (Å²) in [6.07, 6.45) is 41.4. The number of hydrogen-bond donors (Lipinski definition) is 1. The highest BCUT2D eigenvalue weighted by Gasteiger charge is 2.33. The second kappa shape index (κ2) is 56.4. The van der Waals surface area contributed by atoms with Gasteiger partial charge in [0.25, 0.3) is 0 Å². The lowest BCUT2D eigenvalue weighted by atomic mass is 9.77. The Kier molecular flexibility index (Phi) is 48.5. The first kappa shape index (κ1) is 122. The van der Waals surface area contributed by atoms with Crippen molar-refractivity contribution in [1.29, 1.82) is 0 Å². The summed E-state index contributed by atoms with van der Waals surface area (Å²) in [4.78, 5) is 19.0. The van der Waals surface area contributed by atoms with Crippen molar-refractivity contribution in [2.24, 2.45) is 71.4 Å². The number of pyridine rings is 2. The Morgan fingerprint density at radius 1 is 0.317 bits per heavy atom. The Morgan fingerprint density at radius 3 is 1.25 bits per heavy atom. The van der Waals surface area contributed by atoms with E-state index in [1.807, 2.05) is 12.1 Å². The van der Waals surface area contributed by atoms with Gasteiger partial charge in [0.15, 0.2) is 11.5 Å². The van der Waals surface area contributed by atoms with Gasteiger partial charge in [0.2, 0.25) is 0 Å². The number of aryl methyl sites for hydroxylation is 4. The largest absolute Gasteiger partial charge is 0.486 e. The molecule has 0 bridgehead atoms. The van der Waals surface area contributed by atoms with Crippen molar-refractivity contribution in [1.82, 2.24) is 19.9 Å². The number of rotatable bonds is 11. The van der Waals surface area contributed by atoms with Gasteiger partial charge in [-0.15, -0.1) is 0 Å². The Labute approximate surface area is 869 Å². The molecule has 2 atom stereocenters. The summed E-state index contributed by atoms with van der Waals surface area (Å²) in [5, 5.41) is 12.4. The lowest BCUT2D eigenvalue weighted by Crippen LogP contribution is -2.16. The zero-order valence-corrected chi connectivity index (χ0v) is 96.8. The molecule has 142 heavy (non-hydrogen) atoms. The molecule has 8 nitrogen and oxygen atoms in total. The van der Waals surface area contributed by atoms with Crippen LogP contribution in [0.5, 0.6) is 11.5 Å². The smallest absolute Gasteiger partial charge is 0.161 e. The average Bonchev–Trinajstić information content (AvgIpc) is 1.64. The van der Waals surface area contributed by atoms with Gasteiger partial charge in [-0.25, -0.2) is 14.4 Å². The van der Waals surface area contributed by atoms with Gasteiger partial charge in [-0.05, 0) is 294 Å². The zero-order valence-electron chi connectivity index (χ0n) is 96.8. The van der Waals surface area contributed by atoms with Crippen LogP contribution in [0.2, 0.25) is 0 Å². The van der Waals surface area contributed by atoms with Gasteiger partial charge in [-0.2, -0.15) is 0 Å². The Balaban J connectivity index is 0.000000240. The number of hydrogen-bond acceptors (Lipinski definition) is 8. The van der Waals surface area contributed by atoms with Gasteiger partial charge in [0.1, 0.15) is 24.9 Å². The van der Waals surface area contributed by atoms with Crippen LogP contribution in [0.3, 0.4) is 0 Å². The fourth-order valence-corrected chi connectivity index (χ4v) is 20.0. The van der Waals surface area contributed by atoms with Crippen LogP contribution < -0.4 is 14.4 Å². The number of aliphatic hydroxyl groups is 1. The predicted octanol–water partition coefficient (Wildman–Crippen LogP) is 37.1. The molecule has 2 fully saturated rings. The first-order valence-corrected chi connectivity index (χ1v) is 54.7. The van der Waals surface area contributed by atoms with Crippen molar-refractivity contribution in [2.45, 2.75) is 414 Å². The number of aliphatic hydroxyl groups excluding tert-OH is 1. The first-order valence-electron chi connectivity index (χ1n) is 54.7. The number of benzene rings is 7. The van der Waals surface area contributed by atoms with Gasteiger partial charge < -0.3 is 19.5 Å². The lowest BCUT2D eigenvalue weighted by Gasteiger charge is -2.28. The maximum Gasteiger partial charge on any atom is 0.161 e. The minimum Gasteiger partial charge on any atom is -0.486 e. The van der Waals surface area contributed by atoms with E-state index in [-0.39, 0.29) is 22.8 Å². The standard InChI is InChI=1S/C15H18.C14H20O.C13H19N.C13H21N.C13H18O2.C13H18.2C11H22.C11H16.C10H14FN.C9H14N2/c1-15(2,3)11-12-8-9-13-6-4-5-7-14(13)10-12;1-14(2,3)9-10-4-6-12-11(8-10)5-7-13(12)15;1-13(2,3)8-10-7-11-5-4-6-12(11)14-9-10;1-13(2,3)10-11-6-8-12(9-7-11)14(4)5;1-13(2,3)9-10-4-5-11-12(8-10)15-7-6-14-11;1-13(2,3)12-9-8-10-6-4-5-7-11(10)12;3*1-11(2,3)9-10-7-5-4-6-8-10;1-10(2,3)7-9-8(11)5-4-6-12-9;1-9(2,3)7-8-10-5-4-6-11-8/h4-10H,11H2,1-3H3;4,6,8,13,15H,5,7,9H2,1-3H3;7,9H,4-6,8H2,1-3H3;6-9H,10H2,1-5H3;4-5,8H,6-7,9H2,1-3H3;4-7,12H,8-9H2,1-3H3;2*10H,4-9H2,1-3H3;4-8H,9H2,1-3H3;4-6H,7H2,1-3H3;4-6H,7H2,1-3H3. The summed E-state index contributed by atoms with van der Waals surface area (Å²) in [7, 11) is 4.14. The van der Waals surface area contributed by atoms with E-state index in [2.05, 4.69) is 431 Å². The monoisotopic (exact) mass is 1940 g/mol. The Bertz CT molecular complexity index is 5100. The van der Waals surface area contributed by atoms with Crippen LogP contribution >= 0.6 is 0 Å². The van der Waals surface area contributed by atoms with Crippen LogP contribution in [0.4, 0.5) is 10.1 Å². The van der Waals surface area contributed by atoms with Crippen molar-refractivity contribution in [3.05, 3.63) is 291 Å². The van der Waals surface area contributed by atoms with Crippen LogP contribution in [0.15, 0.2) is 207 Å². The zero-order chi connectivity index (χ0) is 106. The molecule has 2 saturated carbocycles. The van der Waals surface area contributed by atoms with E-state index in [0.29, 0.717) is 74.1 Å². The van der Waals surface area contributed by atoms with E-state index >= 15 is 0 Å². The molecule has 7 aromatic carbocycles. The molecule has 0 amide bonds. The van der Waals surface area contributed by atoms with Gasteiger partial charge >= 0.3 is 0 Å². The van der Waals surface area contributed by atoms with Gasteiger partial charge in [-0.1, -0.05) is 432 Å². The molecule has 0 saturated heterocycles. The van der Waals surface area contributed by atoms with Crippen LogP contribution in [0.25, 0.3) is 10.8 Å². The van der Waals surface area contributed by atoms with Crippen LogP contribution in [0, 0.1) is 77.2 Å². The SMILES string of the molecule is CC(C)(C)C1CCc2ccccc21.CC(C)(C)CC1CCCCC1.CC(C)(C)CC1CCCCC1.CC(C)(C)Cc1ccc2c(c1)CCC2O.CC(C)(C)Cc1ccc2c(c1)OCCO2.CC(C)(C)Cc1ccc2ccccc2c1.CC(C)(C)Cc1ccccc1.CC(C)(C)Cc1cnc2c(c1)CCC2.CC(C)(C)Cc1ncccc1F.CC(C)(C)Cc1ncccn1.CN(C)c1ccc(CC(C)(C)C)cc1. The predicted molar refractivity (Wildman–Crippen MR) is 614 cm³/mol. The summed E-state index contributed by atoms with van der Waals surface area (Å²) in [5.41, 5.74) is 22.8. The summed E-state index contributed by atoms with van der Waals surface area (Å²) in [6, 6.07) is 63.7. The third kappa shape index (κ3) is 53.0. The second-order valence-corrected chi connectivity index (χ2v) is 55.3. The molecule has 784 valence electrons. The molecule has 6 aliphatic rings. The first-order chi connectivity index (χ1) is 65.9. The van der Waals surface area contributed by atoms with Gasteiger partial charge in [0.05, 0.1) is 11.8 Å². The average molecular weight is 1940 g/mol. The van der Waals surface area contributed by atoms with E-state index in [9.17, 15) is 9.50 Å². The van der Waals surface area contributed by atoms with Gasteiger partial charge in [0, 0.05) is 56.7 Å². The fourth-order valence-electron chi connectivity index (χ4n) is 20.0. The highest BCUT2D eigenvalue weighted by atomic mass is 19.1. The molecule has 10 aromatic rings. The highest BCUT2D eigenvalue weighted by molar-refractivity contribution is 5.83. The molecule has 3 aromatic heterocycles. The quantitative estimate of drug-likeness (QED) is 0.137. The maximum atomic E-state index is 13.1. The van der Waals surface area contributed by atoms with Crippen molar-refractivity contribution in [2.75, 3.05) is 32.2 Å². The molecule has 0 spiro atoms. The summed E-state index contributed by atoms with van der Waals surface area (Å²) in [6.45, 7) is 76.1. The number of halogens is 1. The number of ether oxygens (including phenoxy) is 2. The topological polar surface area (TPSA) is 93.5 Å². The van der Waals surface area contributed by atoms with Crippen LogP contribution in [0.1, 0.15) is 415 Å². The van der Waals surface area contributed by atoms with E-state index in [1.165, 1.54) is 182 Å². The van der Waals surface area contributed by atoms with E-state index < -0.39 is 0 Å². The third-order valence-electron chi connectivity index (χ3n) is 25.6. The van der Waals surface area contributed by atoms with Crippen molar-refractivity contribution >= 4 is 16.5 Å². The third-order valence-corrected chi connectivity index (χ3v) is 25.6. The summed E-state index contributed by atoms with van der Waals surface area (Å²) in [5.74, 6) is 5.35. The molecule has 0 radical (unpaired) electrons. The normalized spacial score (nSPS) is 15.9. The van der Waals surface area contributed by atoms with Crippen LogP contribution in [-0.2, 0) is 77.0 Å². The Hall–Kier alpha value is -8.53. The van der Waals surface area contributed by atoms with E-state index in [4.69, 9.17) is 9.47 Å². The number of aromatic nitrogens is 4. The van der Waals surface area contributed by atoms with E-state index in [1.54, 1.807) is 35.8 Å². The molecule has 1 aliphatic heterocycles. The molecule has 9 heteroatoms. The Morgan fingerprint density at radius 2 is 0.746 bits per heavy atom. The van der Waals surface area contributed by atoms with Crippen molar-refractivity contribution in [3.63, 3.8) is 0 Å². The number of fused-ring (bicyclic) bond motifs is 5. The molecule has 1 N–H and O–H groups in total. The molecule has 2 unspecified atom stereocenters. The summed E-state index contributed by atoms with van der Waals surface area (Å²) < 4.78 is 24.1. The molecule has 16 rings (SSSR count). The van der Waals surface area contributed by atoms with E-state index in [0.717, 1.165) is 98.4 Å². The molecule has 4 heterocycles. The van der Waals surface area contributed by atoms with Crippen molar-refractivity contribution < 1.29 is 19.0 Å². The second-order valence-electron chi connectivity index (χ2n) is 55.3. The molecular weight excluding hydrogens is 1730 g/mol. The highest BCUT2D eigenvalue weighted by Crippen LogP contribution is 2.45. The lowest BCUT2D eigenvalue weighted by molar-refractivity contribution is 0.171. The number of anilines is 1.